The Morgan fingerprint density at radius 2 is 1.43 bits per heavy atom. The predicted molar refractivity (Wildman–Crippen MR) is 94.2 cm³/mol. The molecule has 2 atom stereocenters. The van der Waals surface area contributed by atoms with Crippen molar-refractivity contribution in [3.8, 4) is 5.75 Å². The molecule has 0 saturated heterocycles. The van der Waals surface area contributed by atoms with Gasteiger partial charge in [-0.05, 0) is 23.3 Å². The molecule has 0 aliphatic rings. The maximum Gasteiger partial charge on any atom is 0.308 e. The molecule has 0 spiro atoms. The van der Waals surface area contributed by atoms with Crippen molar-refractivity contribution in [3.05, 3.63) is 69.8 Å². The van der Waals surface area contributed by atoms with E-state index in [2.05, 4.69) is 31.9 Å². The number of nitro benzene ring substituents is 1. The molecule has 0 bridgehead atoms. The van der Waals surface area contributed by atoms with Crippen LogP contribution in [0.4, 0.5) is 5.69 Å². The Balaban J connectivity index is 2.13. The number of non-ortho nitro benzene ring substituents is 1. The second-order valence-electron chi connectivity index (χ2n) is 4.81. The number of halogens is 2. The summed E-state index contributed by atoms with van der Waals surface area (Å²) in [6.45, 7) is 1.35. The standard InChI is InChI=1S/C16H13Br2NO4/c1-10(20)23-14-8-4-12(5-9-14)16(18)15(17)11-2-6-13(7-3-11)19(21)22/h2-9,15-16H,1H3. The maximum absolute atomic E-state index is 10.9. The molecule has 0 fully saturated rings. The first-order valence-electron chi connectivity index (χ1n) is 6.69. The average molecular weight is 443 g/mol. The van der Waals surface area contributed by atoms with E-state index in [9.17, 15) is 14.9 Å². The van der Waals surface area contributed by atoms with E-state index in [0.29, 0.717) is 5.75 Å². The zero-order valence-electron chi connectivity index (χ0n) is 12.1. The first-order chi connectivity index (χ1) is 10.9. The van der Waals surface area contributed by atoms with Gasteiger partial charge in [0.25, 0.3) is 5.69 Å². The molecule has 120 valence electrons. The molecule has 0 aliphatic carbocycles. The van der Waals surface area contributed by atoms with Gasteiger partial charge in [-0.3, -0.25) is 14.9 Å². The van der Waals surface area contributed by atoms with E-state index in [0.717, 1.165) is 11.1 Å². The van der Waals surface area contributed by atoms with Crippen LogP contribution in [-0.4, -0.2) is 10.9 Å². The number of nitro groups is 1. The van der Waals surface area contributed by atoms with Gasteiger partial charge in [0.2, 0.25) is 0 Å². The minimum absolute atomic E-state index is 0.0460. The summed E-state index contributed by atoms with van der Waals surface area (Å²) in [5, 5.41) is 10.7. The van der Waals surface area contributed by atoms with Gasteiger partial charge in [-0.25, -0.2) is 0 Å². The van der Waals surface area contributed by atoms with Crippen molar-refractivity contribution in [2.75, 3.05) is 0 Å². The van der Waals surface area contributed by atoms with Gasteiger partial charge in [0.15, 0.2) is 0 Å². The number of rotatable bonds is 5. The molecule has 0 radical (unpaired) electrons. The van der Waals surface area contributed by atoms with Gasteiger partial charge in [-0.1, -0.05) is 56.1 Å². The molecule has 0 saturated carbocycles. The summed E-state index contributed by atoms with van der Waals surface area (Å²) in [7, 11) is 0. The Hall–Kier alpha value is -1.73. The maximum atomic E-state index is 10.9. The number of hydrogen-bond acceptors (Lipinski definition) is 4. The quantitative estimate of drug-likeness (QED) is 0.212. The van der Waals surface area contributed by atoms with Gasteiger partial charge in [-0.15, -0.1) is 0 Å². The Kier molecular flexibility index (Phi) is 5.90. The molecular weight excluding hydrogens is 430 g/mol. The summed E-state index contributed by atoms with van der Waals surface area (Å²) in [6.07, 6.45) is 0. The molecule has 7 heteroatoms. The van der Waals surface area contributed by atoms with E-state index in [-0.39, 0.29) is 21.3 Å². The highest BCUT2D eigenvalue weighted by Gasteiger charge is 2.20. The lowest BCUT2D eigenvalue weighted by atomic mass is 10.0. The molecule has 0 N–H and O–H groups in total. The number of benzene rings is 2. The highest BCUT2D eigenvalue weighted by molar-refractivity contribution is 9.12. The predicted octanol–water partition coefficient (Wildman–Crippen LogP) is 5.09. The van der Waals surface area contributed by atoms with E-state index in [1.54, 1.807) is 24.3 Å². The molecule has 23 heavy (non-hydrogen) atoms. The summed E-state index contributed by atoms with van der Waals surface area (Å²) < 4.78 is 5.00. The third-order valence-electron chi connectivity index (χ3n) is 3.14. The zero-order chi connectivity index (χ0) is 17.0. The SMILES string of the molecule is CC(=O)Oc1ccc(C(Br)C(Br)c2ccc([N+](=O)[O-])cc2)cc1. The van der Waals surface area contributed by atoms with Crippen LogP contribution >= 0.6 is 31.9 Å². The lowest BCUT2D eigenvalue weighted by molar-refractivity contribution is -0.384. The van der Waals surface area contributed by atoms with Crippen molar-refractivity contribution in [1.82, 2.24) is 0 Å². The van der Waals surface area contributed by atoms with E-state index in [1.165, 1.54) is 19.1 Å². The van der Waals surface area contributed by atoms with Crippen LogP contribution in [0, 0.1) is 10.1 Å². The van der Waals surface area contributed by atoms with Gasteiger partial charge in [0.05, 0.1) is 14.6 Å². The minimum atomic E-state index is -0.424. The van der Waals surface area contributed by atoms with Crippen LogP contribution in [0.25, 0.3) is 0 Å². The monoisotopic (exact) mass is 441 g/mol. The molecular formula is C16H13Br2NO4. The molecule has 0 heterocycles. The summed E-state index contributed by atoms with van der Waals surface area (Å²) in [6, 6.07) is 13.6. The summed E-state index contributed by atoms with van der Waals surface area (Å²) in [5.41, 5.74) is 1.97. The second-order valence-corrected chi connectivity index (χ2v) is 6.79. The smallest absolute Gasteiger partial charge is 0.308 e. The van der Waals surface area contributed by atoms with Crippen LogP contribution in [-0.2, 0) is 4.79 Å². The first kappa shape index (κ1) is 17.6. The van der Waals surface area contributed by atoms with Crippen molar-refractivity contribution >= 4 is 43.5 Å². The normalized spacial score (nSPS) is 13.2. The fourth-order valence-electron chi connectivity index (χ4n) is 2.00. The van der Waals surface area contributed by atoms with Gasteiger partial charge in [0.1, 0.15) is 5.75 Å². The van der Waals surface area contributed by atoms with Gasteiger partial charge in [-0.2, -0.15) is 0 Å². The van der Waals surface area contributed by atoms with E-state index >= 15 is 0 Å². The highest BCUT2D eigenvalue weighted by atomic mass is 79.9. The van der Waals surface area contributed by atoms with E-state index in [4.69, 9.17) is 4.74 Å². The molecule has 2 aromatic rings. The number of nitrogens with zero attached hydrogens (tertiary/aromatic N) is 1. The number of ether oxygens (including phenoxy) is 1. The fourth-order valence-corrected chi connectivity index (χ4v) is 3.22. The summed E-state index contributed by atoms with van der Waals surface area (Å²) >= 11 is 7.23. The number of alkyl halides is 2. The lowest BCUT2D eigenvalue weighted by Gasteiger charge is -2.18. The molecule has 0 amide bonds. The Morgan fingerprint density at radius 3 is 1.83 bits per heavy atom. The topological polar surface area (TPSA) is 69.4 Å². The van der Waals surface area contributed by atoms with Crippen molar-refractivity contribution in [3.63, 3.8) is 0 Å². The Morgan fingerprint density at radius 1 is 1.00 bits per heavy atom. The average Bonchev–Trinajstić information content (AvgIpc) is 2.53. The van der Waals surface area contributed by atoms with Crippen LogP contribution in [0.3, 0.4) is 0 Å². The molecule has 0 aliphatic heterocycles. The third-order valence-corrected chi connectivity index (χ3v) is 5.96. The lowest BCUT2D eigenvalue weighted by Crippen LogP contribution is -2.02. The van der Waals surface area contributed by atoms with Gasteiger partial charge < -0.3 is 4.74 Å². The van der Waals surface area contributed by atoms with Crippen LogP contribution < -0.4 is 4.74 Å². The van der Waals surface area contributed by atoms with Crippen LogP contribution in [0.1, 0.15) is 27.7 Å². The number of carbonyl (C=O) groups is 1. The Labute approximate surface area is 150 Å². The molecule has 2 unspecified atom stereocenters. The van der Waals surface area contributed by atoms with Crippen molar-refractivity contribution in [2.45, 2.75) is 16.6 Å². The van der Waals surface area contributed by atoms with Gasteiger partial charge in [0, 0.05) is 19.1 Å². The fraction of sp³-hybridized carbons (Fsp3) is 0.188. The second kappa shape index (κ2) is 7.70. The molecule has 2 rings (SSSR count). The number of carbonyl (C=O) groups excluding carboxylic acids is 1. The van der Waals surface area contributed by atoms with E-state index in [1.807, 2.05) is 12.1 Å². The molecule has 5 nitrogen and oxygen atoms in total. The summed E-state index contributed by atoms with van der Waals surface area (Å²) in [5.74, 6) is 0.125. The number of hydrogen-bond donors (Lipinski definition) is 0. The third kappa shape index (κ3) is 4.62. The van der Waals surface area contributed by atoms with Gasteiger partial charge >= 0.3 is 5.97 Å². The highest BCUT2D eigenvalue weighted by Crippen LogP contribution is 2.42. The molecule has 2 aromatic carbocycles. The largest absolute Gasteiger partial charge is 0.427 e. The van der Waals surface area contributed by atoms with Crippen molar-refractivity contribution in [1.29, 1.82) is 0 Å². The molecule has 0 aromatic heterocycles. The first-order valence-corrected chi connectivity index (χ1v) is 8.52. The minimum Gasteiger partial charge on any atom is -0.427 e. The Bertz CT molecular complexity index is 701. The van der Waals surface area contributed by atoms with Crippen molar-refractivity contribution in [2.24, 2.45) is 0 Å². The van der Waals surface area contributed by atoms with Crippen molar-refractivity contribution < 1.29 is 14.5 Å². The van der Waals surface area contributed by atoms with Crippen LogP contribution in [0.15, 0.2) is 48.5 Å². The summed E-state index contributed by atoms with van der Waals surface area (Å²) in [4.78, 5) is 21.1. The van der Waals surface area contributed by atoms with Crippen LogP contribution in [0.2, 0.25) is 0 Å². The number of esters is 1. The van der Waals surface area contributed by atoms with Crippen LogP contribution in [0.5, 0.6) is 5.75 Å². The zero-order valence-corrected chi connectivity index (χ0v) is 15.3. The van der Waals surface area contributed by atoms with E-state index < -0.39 is 4.92 Å².